The maximum atomic E-state index is 12.5. The van der Waals surface area contributed by atoms with Crippen LogP contribution in [0.2, 0.25) is 0 Å². The Hall–Kier alpha value is -1.23. The van der Waals surface area contributed by atoms with Gasteiger partial charge in [0.1, 0.15) is 5.75 Å². The molecule has 1 aromatic rings. The molecule has 5 heteroatoms. The Labute approximate surface area is 97.6 Å². The average Bonchev–Trinajstić information content (AvgIpc) is 3.08. The van der Waals surface area contributed by atoms with Gasteiger partial charge < -0.3 is 10.5 Å². The van der Waals surface area contributed by atoms with E-state index in [0.29, 0.717) is 6.54 Å². The molecule has 2 N–H and O–H groups in total. The zero-order valence-corrected chi connectivity index (χ0v) is 9.47. The standard InChI is InChI=1S/C12H14F3NO/c1-17-10-6-8(12(13,14)15)2-3-9(10)11(7-16)4-5-11/h2-3,6H,4-5,7,16H2,1H3. The molecule has 2 nitrogen and oxygen atoms in total. The van der Waals surface area contributed by atoms with Crippen molar-refractivity contribution in [1.29, 1.82) is 0 Å². The number of alkyl halides is 3. The van der Waals surface area contributed by atoms with Crippen LogP contribution in [0, 0.1) is 0 Å². The van der Waals surface area contributed by atoms with Crippen LogP contribution in [0.25, 0.3) is 0 Å². The predicted molar refractivity (Wildman–Crippen MR) is 58.0 cm³/mol. The Balaban J connectivity index is 2.43. The minimum absolute atomic E-state index is 0.171. The fraction of sp³-hybridized carbons (Fsp3) is 0.500. The predicted octanol–water partition coefficient (Wildman–Crippen LogP) is 2.70. The van der Waals surface area contributed by atoms with Crippen LogP contribution in [0.1, 0.15) is 24.0 Å². The molecule has 0 aliphatic heterocycles. The molecule has 1 aliphatic carbocycles. The minimum Gasteiger partial charge on any atom is -0.496 e. The second-order valence-corrected chi connectivity index (χ2v) is 4.40. The number of hydrogen-bond donors (Lipinski definition) is 1. The zero-order valence-electron chi connectivity index (χ0n) is 9.47. The molecule has 17 heavy (non-hydrogen) atoms. The third kappa shape index (κ3) is 2.11. The largest absolute Gasteiger partial charge is 0.496 e. The lowest BCUT2D eigenvalue weighted by Gasteiger charge is -2.18. The summed E-state index contributed by atoms with van der Waals surface area (Å²) in [7, 11) is 1.38. The van der Waals surface area contributed by atoms with Gasteiger partial charge in [0.2, 0.25) is 0 Å². The maximum Gasteiger partial charge on any atom is 0.416 e. The average molecular weight is 245 g/mol. The van der Waals surface area contributed by atoms with Gasteiger partial charge in [0.15, 0.2) is 0 Å². The van der Waals surface area contributed by atoms with Crippen molar-refractivity contribution >= 4 is 0 Å². The second kappa shape index (κ2) is 3.91. The van der Waals surface area contributed by atoms with Gasteiger partial charge in [-0.1, -0.05) is 6.07 Å². The summed E-state index contributed by atoms with van der Waals surface area (Å²) in [5, 5.41) is 0. The highest BCUT2D eigenvalue weighted by Gasteiger charge is 2.45. The molecular weight excluding hydrogens is 231 g/mol. The molecule has 0 spiro atoms. The summed E-state index contributed by atoms with van der Waals surface area (Å²) in [4.78, 5) is 0. The summed E-state index contributed by atoms with van der Waals surface area (Å²) in [6.45, 7) is 0.439. The Morgan fingerprint density at radius 2 is 2.00 bits per heavy atom. The van der Waals surface area contributed by atoms with E-state index in [-0.39, 0.29) is 11.2 Å². The molecule has 0 heterocycles. The number of methoxy groups -OCH3 is 1. The maximum absolute atomic E-state index is 12.5. The quantitative estimate of drug-likeness (QED) is 0.888. The molecule has 0 aromatic heterocycles. The van der Waals surface area contributed by atoms with Crippen molar-refractivity contribution in [2.24, 2.45) is 5.73 Å². The molecule has 1 saturated carbocycles. The summed E-state index contributed by atoms with van der Waals surface area (Å²) in [5.74, 6) is 0.280. The number of ether oxygens (including phenoxy) is 1. The van der Waals surface area contributed by atoms with Crippen molar-refractivity contribution in [3.63, 3.8) is 0 Å². The van der Waals surface area contributed by atoms with Gasteiger partial charge in [0.25, 0.3) is 0 Å². The van der Waals surface area contributed by atoms with Crippen molar-refractivity contribution in [3.8, 4) is 5.75 Å². The second-order valence-electron chi connectivity index (χ2n) is 4.40. The third-order valence-electron chi connectivity index (χ3n) is 3.34. The summed E-state index contributed by atoms with van der Waals surface area (Å²) in [6, 6.07) is 3.63. The molecule has 0 saturated heterocycles. The van der Waals surface area contributed by atoms with E-state index < -0.39 is 11.7 Å². The SMILES string of the molecule is COc1cc(C(F)(F)F)ccc1C1(CN)CC1. The molecule has 2 rings (SSSR count). The van der Waals surface area contributed by atoms with E-state index in [4.69, 9.17) is 10.5 Å². The number of rotatable bonds is 3. The molecule has 0 radical (unpaired) electrons. The van der Waals surface area contributed by atoms with Gasteiger partial charge in [-0.05, 0) is 25.0 Å². The lowest BCUT2D eigenvalue weighted by atomic mass is 9.94. The molecule has 1 aliphatic rings. The van der Waals surface area contributed by atoms with Crippen LogP contribution in [-0.4, -0.2) is 13.7 Å². The van der Waals surface area contributed by atoms with Crippen LogP contribution < -0.4 is 10.5 Å². The van der Waals surface area contributed by atoms with Crippen LogP contribution >= 0.6 is 0 Å². The van der Waals surface area contributed by atoms with E-state index in [0.717, 1.165) is 30.5 Å². The van der Waals surface area contributed by atoms with Crippen LogP contribution in [0.3, 0.4) is 0 Å². The van der Waals surface area contributed by atoms with Crippen molar-refractivity contribution in [2.75, 3.05) is 13.7 Å². The monoisotopic (exact) mass is 245 g/mol. The van der Waals surface area contributed by atoms with Gasteiger partial charge in [-0.2, -0.15) is 13.2 Å². The van der Waals surface area contributed by atoms with Crippen LogP contribution in [-0.2, 0) is 11.6 Å². The molecule has 1 fully saturated rings. The van der Waals surface area contributed by atoms with E-state index in [1.807, 2.05) is 0 Å². The molecular formula is C12H14F3NO. The Morgan fingerprint density at radius 1 is 1.35 bits per heavy atom. The van der Waals surface area contributed by atoms with Crippen LogP contribution in [0.5, 0.6) is 5.75 Å². The molecule has 94 valence electrons. The van der Waals surface area contributed by atoms with E-state index in [9.17, 15) is 13.2 Å². The smallest absolute Gasteiger partial charge is 0.416 e. The first-order valence-corrected chi connectivity index (χ1v) is 5.39. The van der Waals surface area contributed by atoms with Crippen LogP contribution in [0.15, 0.2) is 18.2 Å². The number of hydrogen-bond acceptors (Lipinski definition) is 2. The first-order valence-electron chi connectivity index (χ1n) is 5.39. The number of nitrogens with two attached hydrogens (primary N) is 1. The zero-order chi connectivity index (χ0) is 12.7. The van der Waals surface area contributed by atoms with E-state index >= 15 is 0 Å². The van der Waals surface area contributed by atoms with Crippen molar-refractivity contribution in [3.05, 3.63) is 29.3 Å². The lowest BCUT2D eigenvalue weighted by molar-refractivity contribution is -0.137. The molecule has 1 aromatic carbocycles. The molecule has 0 amide bonds. The summed E-state index contributed by atoms with van der Waals surface area (Å²) < 4.78 is 42.7. The first-order chi connectivity index (χ1) is 7.93. The van der Waals surface area contributed by atoms with E-state index in [2.05, 4.69) is 0 Å². The van der Waals surface area contributed by atoms with Crippen molar-refractivity contribution in [1.82, 2.24) is 0 Å². The minimum atomic E-state index is -4.34. The lowest BCUT2D eigenvalue weighted by Crippen LogP contribution is -2.21. The molecule has 0 atom stereocenters. The third-order valence-corrected chi connectivity index (χ3v) is 3.34. The summed E-state index contributed by atoms with van der Waals surface area (Å²) >= 11 is 0. The highest BCUT2D eigenvalue weighted by atomic mass is 19.4. The Bertz CT molecular complexity index is 424. The number of benzene rings is 1. The van der Waals surface area contributed by atoms with Crippen LogP contribution in [0.4, 0.5) is 13.2 Å². The van der Waals surface area contributed by atoms with E-state index in [1.165, 1.54) is 13.2 Å². The fourth-order valence-corrected chi connectivity index (χ4v) is 2.04. The van der Waals surface area contributed by atoms with Gasteiger partial charge in [-0.15, -0.1) is 0 Å². The van der Waals surface area contributed by atoms with Gasteiger partial charge in [0, 0.05) is 17.5 Å². The topological polar surface area (TPSA) is 35.2 Å². The van der Waals surface area contributed by atoms with E-state index in [1.54, 1.807) is 0 Å². The summed E-state index contributed by atoms with van der Waals surface area (Å²) in [6.07, 6.45) is -2.53. The Morgan fingerprint density at radius 3 is 2.41 bits per heavy atom. The normalized spacial score (nSPS) is 17.9. The summed E-state index contributed by atoms with van der Waals surface area (Å²) in [5.41, 5.74) is 5.60. The first kappa shape index (κ1) is 12.2. The fourth-order valence-electron chi connectivity index (χ4n) is 2.04. The Kier molecular flexibility index (Phi) is 2.81. The highest BCUT2D eigenvalue weighted by molar-refractivity contribution is 5.46. The van der Waals surface area contributed by atoms with Crippen molar-refractivity contribution in [2.45, 2.75) is 24.4 Å². The molecule has 0 unspecified atom stereocenters. The van der Waals surface area contributed by atoms with Gasteiger partial charge in [0.05, 0.1) is 12.7 Å². The molecule has 0 bridgehead atoms. The van der Waals surface area contributed by atoms with Gasteiger partial charge in [-0.3, -0.25) is 0 Å². The van der Waals surface area contributed by atoms with Crippen molar-refractivity contribution < 1.29 is 17.9 Å². The number of halogens is 3. The highest BCUT2D eigenvalue weighted by Crippen LogP contribution is 2.51. The van der Waals surface area contributed by atoms with Gasteiger partial charge >= 0.3 is 6.18 Å². The van der Waals surface area contributed by atoms with Gasteiger partial charge in [-0.25, -0.2) is 0 Å².